The first-order chi connectivity index (χ1) is 7.66. The molecule has 1 aliphatic rings. The maximum atomic E-state index is 10.4. The summed E-state index contributed by atoms with van der Waals surface area (Å²) in [5, 5.41) is 9.09. The maximum absolute atomic E-state index is 10.4. The molecule has 0 atom stereocenters. The molecule has 1 aromatic rings. The number of benzene rings is 1. The van der Waals surface area contributed by atoms with Gasteiger partial charge in [-0.3, -0.25) is 4.99 Å². The lowest BCUT2D eigenvalue weighted by Crippen LogP contribution is -2.12. The summed E-state index contributed by atoms with van der Waals surface area (Å²) in [6.45, 7) is -0.383. The molecule has 0 spiro atoms. The van der Waals surface area contributed by atoms with Crippen LogP contribution < -0.4 is 4.74 Å². The van der Waals surface area contributed by atoms with E-state index in [0.29, 0.717) is 16.3 Å². The third-order valence-corrected chi connectivity index (χ3v) is 2.25. The maximum Gasteiger partial charge on any atom is 0.341 e. The van der Waals surface area contributed by atoms with Gasteiger partial charge in [-0.15, -0.1) is 0 Å². The van der Waals surface area contributed by atoms with Gasteiger partial charge in [-0.25, -0.2) is 4.79 Å². The molecule has 1 heterocycles. The largest absolute Gasteiger partial charge is 0.481 e. The van der Waals surface area contributed by atoms with Gasteiger partial charge in [-0.1, -0.05) is 11.6 Å². The van der Waals surface area contributed by atoms with Gasteiger partial charge in [0.25, 0.3) is 0 Å². The number of ether oxygens (including phenoxy) is 1. The molecule has 4 nitrogen and oxygen atoms in total. The summed E-state index contributed by atoms with van der Waals surface area (Å²) in [5.74, 6) is -0.554. The van der Waals surface area contributed by atoms with E-state index in [9.17, 15) is 4.79 Å². The van der Waals surface area contributed by atoms with Crippen LogP contribution in [-0.4, -0.2) is 23.4 Å². The Morgan fingerprint density at radius 2 is 2.25 bits per heavy atom. The Balaban J connectivity index is 2.25. The van der Waals surface area contributed by atoms with Crippen LogP contribution in [0.1, 0.15) is 5.56 Å². The zero-order valence-electron chi connectivity index (χ0n) is 8.18. The predicted octanol–water partition coefficient (Wildman–Crippen LogP) is 2.12. The molecular formula is C11H8ClNO3. The average Bonchev–Trinajstić information content (AvgIpc) is 2.13. The Bertz CT molecular complexity index is 494. The van der Waals surface area contributed by atoms with Crippen molar-refractivity contribution in [3.63, 3.8) is 0 Å². The Hall–Kier alpha value is -1.81. The van der Waals surface area contributed by atoms with Gasteiger partial charge in [0.2, 0.25) is 0 Å². The Morgan fingerprint density at radius 3 is 2.81 bits per heavy atom. The lowest BCUT2D eigenvalue weighted by Gasteiger charge is -2.12. The van der Waals surface area contributed by atoms with Gasteiger partial charge in [0.15, 0.2) is 6.61 Å². The molecule has 82 valence electrons. The molecule has 16 heavy (non-hydrogen) atoms. The van der Waals surface area contributed by atoms with E-state index in [1.54, 1.807) is 30.5 Å². The number of aliphatic carboxylic acids is 1. The van der Waals surface area contributed by atoms with E-state index in [1.807, 2.05) is 0 Å². The van der Waals surface area contributed by atoms with E-state index >= 15 is 0 Å². The second kappa shape index (κ2) is 4.37. The molecule has 0 unspecified atom stereocenters. The highest BCUT2D eigenvalue weighted by Gasteiger charge is 2.13. The van der Waals surface area contributed by atoms with Crippen LogP contribution in [0.2, 0.25) is 5.02 Å². The second-order valence-corrected chi connectivity index (χ2v) is 3.59. The second-order valence-electron chi connectivity index (χ2n) is 3.15. The van der Waals surface area contributed by atoms with Crippen LogP contribution in [0.25, 0.3) is 0 Å². The summed E-state index contributed by atoms with van der Waals surface area (Å²) in [6.07, 6.45) is 3.45. The normalized spacial score (nSPS) is 12.9. The number of hydrogen-bond donors (Lipinski definition) is 1. The molecule has 0 saturated carbocycles. The number of allylic oxidation sites excluding steroid dienone is 1. The first-order valence-corrected chi connectivity index (χ1v) is 4.93. The number of hydrogen-bond acceptors (Lipinski definition) is 3. The highest BCUT2D eigenvalue weighted by molar-refractivity contribution is 6.31. The Morgan fingerprint density at radius 1 is 1.50 bits per heavy atom. The molecule has 0 amide bonds. The number of aliphatic imine (C=N–C) groups is 1. The van der Waals surface area contributed by atoms with Crippen molar-refractivity contribution in [1.82, 2.24) is 0 Å². The number of carboxylic acids is 1. The predicted molar refractivity (Wildman–Crippen MR) is 60.3 cm³/mol. The number of carbonyl (C=O) groups is 1. The summed E-state index contributed by atoms with van der Waals surface area (Å²) in [6, 6.07) is 4.97. The van der Waals surface area contributed by atoms with E-state index in [2.05, 4.69) is 4.99 Å². The molecule has 0 aromatic heterocycles. The summed E-state index contributed by atoms with van der Waals surface area (Å²) in [5.41, 5.74) is 1.44. The molecular weight excluding hydrogens is 230 g/mol. The molecule has 1 aliphatic heterocycles. The number of carboxylic acid groups (broad SMARTS) is 1. The van der Waals surface area contributed by atoms with Crippen LogP contribution in [0.15, 0.2) is 35.5 Å². The summed E-state index contributed by atoms with van der Waals surface area (Å²) >= 11 is 5.85. The molecule has 0 fully saturated rings. The number of rotatable bonds is 4. The van der Waals surface area contributed by atoms with Gasteiger partial charge in [0.05, 0.1) is 5.71 Å². The molecule has 0 bridgehead atoms. The van der Waals surface area contributed by atoms with Crippen molar-refractivity contribution in [2.45, 2.75) is 0 Å². The zero-order chi connectivity index (χ0) is 11.5. The molecule has 1 aromatic carbocycles. The minimum Gasteiger partial charge on any atom is -0.481 e. The third kappa shape index (κ3) is 2.23. The molecule has 0 saturated heterocycles. The van der Waals surface area contributed by atoms with Crippen molar-refractivity contribution in [2.75, 3.05) is 6.61 Å². The average molecular weight is 238 g/mol. The van der Waals surface area contributed by atoms with Crippen LogP contribution in [-0.2, 0) is 4.79 Å². The monoisotopic (exact) mass is 237 g/mol. The smallest absolute Gasteiger partial charge is 0.341 e. The van der Waals surface area contributed by atoms with Crippen LogP contribution in [0.4, 0.5) is 0 Å². The van der Waals surface area contributed by atoms with Crippen LogP contribution in [0, 0.1) is 0 Å². The molecule has 5 heteroatoms. The van der Waals surface area contributed by atoms with Gasteiger partial charge in [0, 0.05) is 16.8 Å². The summed E-state index contributed by atoms with van der Waals surface area (Å²) < 4.78 is 5.14. The van der Waals surface area contributed by atoms with Gasteiger partial charge >= 0.3 is 5.97 Å². The Labute approximate surface area is 96.8 Å². The highest BCUT2D eigenvalue weighted by atomic mass is 35.5. The topological polar surface area (TPSA) is 58.9 Å². The fourth-order valence-corrected chi connectivity index (χ4v) is 1.45. The highest BCUT2D eigenvalue weighted by Crippen LogP contribution is 2.25. The summed E-state index contributed by atoms with van der Waals surface area (Å²) in [7, 11) is 0. The third-order valence-electron chi connectivity index (χ3n) is 2.01. The van der Waals surface area contributed by atoms with Crippen molar-refractivity contribution < 1.29 is 14.6 Å². The minimum atomic E-state index is -1.02. The zero-order valence-corrected chi connectivity index (χ0v) is 8.94. The molecule has 0 radical (unpaired) electrons. The Kier molecular flexibility index (Phi) is 2.92. The lowest BCUT2D eigenvalue weighted by molar-refractivity contribution is -0.139. The standard InChI is InChI=1S/C11H8ClNO3/c12-7-1-2-10(16-6-11(14)15)8(5-7)9-3-4-13-9/h1-5H,6H2,(H,14,15). The van der Waals surface area contributed by atoms with Crippen molar-refractivity contribution in [3.8, 4) is 5.75 Å². The SMILES string of the molecule is O=C(O)COc1ccc(Cl)cc1C1=NC=C1. The fourth-order valence-electron chi connectivity index (χ4n) is 1.28. The van der Waals surface area contributed by atoms with Crippen molar-refractivity contribution in [1.29, 1.82) is 0 Å². The van der Waals surface area contributed by atoms with Gasteiger partial charge in [0.1, 0.15) is 5.75 Å². The number of nitrogens with zero attached hydrogens (tertiary/aromatic N) is 1. The first kappa shape index (κ1) is 10.7. The first-order valence-electron chi connectivity index (χ1n) is 4.55. The van der Waals surface area contributed by atoms with Crippen molar-refractivity contribution >= 4 is 23.3 Å². The molecule has 2 rings (SSSR count). The van der Waals surface area contributed by atoms with E-state index in [-0.39, 0.29) is 6.61 Å². The van der Waals surface area contributed by atoms with E-state index < -0.39 is 5.97 Å². The van der Waals surface area contributed by atoms with Gasteiger partial charge in [-0.05, 0) is 24.3 Å². The van der Waals surface area contributed by atoms with E-state index in [4.69, 9.17) is 21.4 Å². The lowest BCUT2D eigenvalue weighted by atomic mass is 10.1. The molecule has 1 N–H and O–H groups in total. The van der Waals surface area contributed by atoms with Gasteiger partial charge < -0.3 is 9.84 Å². The summed E-state index contributed by atoms with van der Waals surface area (Å²) in [4.78, 5) is 14.4. The molecule has 0 aliphatic carbocycles. The van der Waals surface area contributed by atoms with Gasteiger partial charge in [-0.2, -0.15) is 0 Å². The fraction of sp³-hybridized carbons (Fsp3) is 0.0909. The quantitative estimate of drug-likeness (QED) is 0.873. The number of halogens is 1. The van der Waals surface area contributed by atoms with Crippen LogP contribution in [0.3, 0.4) is 0 Å². The minimum absolute atomic E-state index is 0.383. The van der Waals surface area contributed by atoms with Crippen LogP contribution >= 0.6 is 11.6 Å². The van der Waals surface area contributed by atoms with E-state index in [0.717, 1.165) is 5.71 Å². The van der Waals surface area contributed by atoms with Crippen molar-refractivity contribution in [2.24, 2.45) is 4.99 Å². The van der Waals surface area contributed by atoms with Crippen LogP contribution in [0.5, 0.6) is 5.75 Å². The van der Waals surface area contributed by atoms with E-state index in [1.165, 1.54) is 0 Å². The van der Waals surface area contributed by atoms with Crippen molar-refractivity contribution in [3.05, 3.63) is 41.1 Å².